The lowest BCUT2D eigenvalue weighted by Crippen LogP contribution is -2.62. The lowest BCUT2D eigenvalue weighted by Gasteiger charge is -2.62. The van der Waals surface area contributed by atoms with E-state index >= 15 is 0 Å². The highest BCUT2D eigenvalue weighted by Gasteiger charge is 2.64. The predicted octanol–water partition coefficient (Wildman–Crippen LogP) is 6.55. The quantitative estimate of drug-likeness (QED) is 0.505. The van der Waals surface area contributed by atoms with Crippen molar-refractivity contribution in [1.29, 1.82) is 0 Å². The molecule has 2 amide bonds. The molecule has 6 rings (SSSR count). The summed E-state index contributed by atoms with van der Waals surface area (Å²) >= 11 is 0. The number of amides is 2. The van der Waals surface area contributed by atoms with Crippen molar-refractivity contribution in [3.63, 3.8) is 0 Å². The number of nitrogens with zero attached hydrogens (tertiary/aromatic N) is 1. The van der Waals surface area contributed by atoms with Gasteiger partial charge in [0, 0.05) is 26.4 Å². The number of carbonyl (C=O) groups excluding carboxylic acids is 2. The Balaban J connectivity index is 1.42. The van der Waals surface area contributed by atoms with Gasteiger partial charge in [-0.25, -0.2) is 0 Å². The van der Waals surface area contributed by atoms with Crippen molar-refractivity contribution >= 4 is 11.8 Å². The summed E-state index contributed by atoms with van der Waals surface area (Å²) in [4.78, 5) is 27.7. The van der Waals surface area contributed by atoms with Gasteiger partial charge in [-0.1, -0.05) is 74.5 Å². The number of hydrogen-bond donors (Lipinski definition) is 1. The van der Waals surface area contributed by atoms with Crippen molar-refractivity contribution in [3.8, 4) is 0 Å². The van der Waals surface area contributed by atoms with Crippen LogP contribution in [0.15, 0.2) is 60.7 Å². The fourth-order valence-electron chi connectivity index (χ4n) is 10.3. The number of likely N-dealkylation sites (tertiary alicyclic amines) is 1. The molecule has 1 saturated heterocycles. The zero-order valence-electron chi connectivity index (χ0n) is 23.6. The van der Waals surface area contributed by atoms with Gasteiger partial charge in [0.25, 0.3) is 0 Å². The molecule has 0 unspecified atom stereocenters. The molecule has 0 bridgehead atoms. The van der Waals surface area contributed by atoms with Gasteiger partial charge in [0.1, 0.15) is 0 Å². The predicted molar refractivity (Wildman–Crippen MR) is 151 cm³/mol. The highest BCUT2D eigenvalue weighted by Crippen LogP contribution is 2.68. The van der Waals surface area contributed by atoms with Crippen LogP contribution in [0.4, 0.5) is 0 Å². The van der Waals surface area contributed by atoms with E-state index in [9.17, 15) is 9.59 Å². The molecule has 1 heterocycles. The second-order valence-electron chi connectivity index (χ2n) is 13.4. The van der Waals surface area contributed by atoms with Gasteiger partial charge in [0.15, 0.2) is 0 Å². The third-order valence-electron chi connectivity index (χ3n) is 11.9. The number of rotatable bonds is 4. The molecule has 0 radical (unpaired) electrons. The summed E-state index contributed by atoms with van der Waals surface area (Å²) < 4.78 is 0. The third-order valence-corrected chi connectivity index (χ3v) is 11.9. The van der Waals surface area contributed by atoms with Crippen LogP contribution in [-0.2, 0) is 15.1 Å². The molecule has 1 aliphatic heterocycles. The Morgan fingerprint density at radius 1 is 0.842 bits per heavy atom. The van der Waals surface area contributed by atoms with Crippen LogP contribution in [0.25, 0.3) is 0 Å². The minimum Gasteiger partial charge on any atom is -0.342 e. The second-order valence-corrected chi connectivity index (χ2v) is 13.4. The van der Waals surface area contributed by atoms with E-state index in [4.69, 9.17) is 0 Å². The Bertz CT molecular complexity index is 1160. The number of benzene rings is 2. The molecule has 7 atom stereocenters. The molecule has 0 aromatic heterocycles. The van der Waals surface area contributed by atoms with E-state index in [1.54, 1.807) is 6.92 Å². The molecule has 4 nitrogen and oxygen atoms in total. The van der Waals surface area contributed by atoms with Crippen LogP contribution < -0.4 is 5.32 Å². The summed E-state index contributed by atoms with van der Waals surface area (Å²) in [5.74, 6) is 2.70. The lowest BCUT2D eigenvalue weighted by molar-refractivity contribution is -0.159. The Morgan fingerprint density at radius 2 is 1.45 bits per heavy atom. The van der Waals surface area contributed by atoms with Crippen LogP contribution in [-0.4, -0.2) is 29.8 Å². The van der Waals surface area contributed by atoms with E-state index in [-0.39, 0.29) is 16.7 Å². The Labute approximate surface area is 228 Å². The topological polar surface area (TPSA) is 49.4 Å². The number of fused-ring (bicyclic) bond motifs is 5. The largest absolute Gasteiger partial charge is 0.342 e. The number of piperidine rings is 1. The maximum Gasteiger partial charge on any atom is 0.222 e. The van der Waals surface area contributed by atoms with Crippen LogP contribution in [0.2, 0.25) is 0 Å². The van der Waals surface area contributed by atoms with Crippen LogP contribution >= 0.6 is 0 Å². The normalized spacial score (nSPS) is 36.7. The van der Waals surface area contributed by atoms with Crippen LogP contribution in [0.1, 0.15) is 83.3 Å². The van der Waals surface area contributed by atoms with Crippen molar-refractivity contribution in [3.05, 3.63) is 71.8 Å². The molecule has 4 aliphatic rings. The Hall–Kier alpha value is -2.62. The minimum atomic E-state index is -0.552. The fourth-order valence-corrected chi connectivity index (χ4v) is 10.3. The van der Waals surface area contributed by atoms with Gasteiger partial charge in [0.2, 0.25) is 11.8 Å². The first-order valence-corrected chi connectivity index (χ1v) is 14.9. The van der Waals surface area contributed by atoms with E-state index in [1.165, 1.54) is 36.8 Å². The molecule has 202 valence electrons. The first-order valence-electron chi connectivity index (χ1n) is 14.9. The maximum absolute atomic E-state index is 13.0. The summed E-state index contributed by atoms with van der Waals surface area (Å²) in [6.07, 6.45) is 8.84. The zero-order chi connectivity index (χ0) is 26.7. The van der Waals surface area contributed by atoms with Crippen LogP contribution in [0, 0.1) is 34.5 Å². The molecule has 4 fully saturated rings. The molecule has 1 N–H and O–H groups in total. The molecule has 2 aromatic rings. The SMILES string of the molecule is CC(=O)NC(c1ccccc1)(c1ccccc1)[C@H]1CC[C@H]2[C@@H]3CC[C@H]4N(C)C(=O)CC[C@]4(C)[C@H]3CC[C@]12C. The molecule has 2 aromatic carbocycles. The zero-order valence-corrected chi connectivity index (χ0v) is 23.6. The molecule has 4 heteroatoms. The van der Waals surface area contributed by atoms with Gasteiger partial charge < -0.3 is 10.2 Å². The standard InChI is InChI=1S/C34H44N2O2/c1-23(37)35-34(24-11-7-5-8-12-24,25-13-9-6-10-14-25)29-17-16-27-26-15-18-30-33(3,22-20-31(38)36(30)4)28(26)19-21-32(27,29)2/h5-14,26-30H,15-22H2,1-4H3,(H,35,37)/t26-,27-,28-,29-,30+,32-,33+/m0/s1. The van der Waals surface area contributed by atoms with E-state index in [1.807, 2.05) is 7.05 Å². The summed E-state index contributed by atoms with van der Waals surface area (Å²) in [6.45, 7) is 6.73. The Morgan fingerprint density at radius 3 is 2.05 bits per heavy atom. The monoisotopic (exact) mass is 512 g/mol. The van der Waals surface area contributed by atoms with Crippen LogP contribution in [0.5, 0.6) is 0 Å². The van der Waals surface area contributed by atoms with Gasteiger partial charge in [-0.15, -0.1) is 0 Å². The number of hydrogen-bond acceptors (Lipinski definition) is 2. The van der Waals surface area contributed by atoms with Crippen molar-refractivity contribution in [2.24, 2.45) is 34.5 Å². The molecule has 0 spiro atoms. The van der Waals surface area contributed by atoms with E-state index in [2.05, 4.69) is 84.7 Å². The van der Waals surface area contributed by atoms with Gasteiger partial charge in [-0.3, -0.25) is 9.59 Å². The fraction of sp³-hybridized carbons (Fsp3) is 0.588. The highest BCUT2D eigenvalue weighted by atomic mass is 16.2. The molecular formula is C34H44N2O2. The minimum absolute atomic E-state index is 0.0290. The van der Waals surface area contributed by atoms with Gasteiger partial charge in [0.05, 0.1) is 5.54 Å². The van der Waals surface area contributed by atoms with Crippen molar-refractivity contribution in [2.45, 2.75) is 83.7 Å². The van der Waals surface area contributed by atoms with Gasteiger partial charge in [-0.2, -0.15) is 0 Å². The summed E-state index contributed by atoms with van der Waals surface area (Å²) in [5, 5.41) is 3.58. The lowest BCUT2D eigenvalue weighted by atomic mass is 9.45. The first-order chi connectivity index (χ1) is 18.2. The summed E-state index contributed by atoms with van der Waals surface area (Å²) in [5.41, 5.74) is 2.19. The van der Waals surface area contributed by atoms with E-state index < -0.39 is 5.54 Å². The number of nitrogens with one attached hydrogen (secondary N) is 1. The molecule has 38 heavy (non-hydrogen) atoms. The molecule has 3 aliphatic carbocycles. The smallest absolute Gasteiger partial charge is 0.222 e. The molecule has 3 saturated carbocycles. The average Bonchev–Trinajstić information content (AvgIpc) is 3.28. The van der Waals surface area contributed by atoms with E-state index in [0.717, 1.165) is 19.3 Å². The first kappa shape index (κ1) is 25.6. The van der Waals surface area contributed by atoms with E-state index in [0.29, 0.717) is 42.0 Å². The summed E-state index contributed by atoms with van der Waals surface area (Å²) in [6, 6.07) is 21.8. The average molecular weight is 513 g/mol. The Kier molecular flexibility index (Phi) is 6.24. The van der Waals surface area contributed by atoms with Gasteiger partial charge in [-0.05, 0) is 90.6 Å². The number of carbonyl (C=O) groups is 2. The van der Waals surface area contributed by atoms with Gasteiger partial charge >= 0.3 is 0 Å². The maximum atomic E-state index is 13.0. The van der Waals surface area contributed by atoms with Crippen LogP contribution in [0.3, 0.4) is 0 Å². The van der Waals surface area contributed by atoms with Crippen molar-refractivity contribution in [2.75, 3.05) is 7.05 Å². The van der Waals surface area contributed by atoms with Crippen molar-refractivity contribution < 1.29 is 9.59 Å². The van der Waals surface area contributed by atoms with Crippen molar-refractivity contribution in [1.82, 2.24) is 10.2 Å². The summed E-state index contributed by atoms with van der Waals surface area (Å²) in [7, 11) is 2.05. The highest BCUT2D eigenvalue weighted by molar-refractivity contribution is 5.77. The third kappa shape index (κ3) is 3.62. The molecular weight excluding hydrogens is 468 g/mol. The second kappa shape index (κ2) is 9.24.